The molecule has 0 fully saturated rings. The summed E-state index contributed by atoms with van der Waals surface area (Å²) in [6.45, 7) is 2.14. The van der Waals surface area contributed by atoms with Crippen LogP contribution >= 0.6 is 11.6 Å². The van der Waals surface area contributed by atoms with Crippen molar-refractivity contribution in [2.45, 2.75) is 13.5 Å². The molecule has 3 aromatic rings. The highest BCUT2D eigenvalue weighted by Gasteiger charge is 2.14. The molecule has 26 heavy (non-hydrogen) atoms. The summed E-state index contributed by atoms with van der Waals surface area (Å²) >= 11 is 5.94. The number of aryl methyl sites for hydroxylation is 2. The largest absolute Gasteiger partial charge is 0.439 e. The van der Waals surface area contributed by atoms with Crippen molar-refractivity contribution in [1.29, 1.82) is 0 Å². The SMILES string of the molecule is Cc1nn(C)c(Oc2ccc(F)cc2)c1/C=N/OCc1cccc(Cl)c1. The molecule has 0 N–H and O–H groups in total. The van der Waals surface area contributed by atoms with Gasteiger partial charge in [-0.1, -0.05) is 28.9 Å². The zero-order chi connectivity index (χ0) is 18.5. The molecular weight excluding hydrogens is 357 g/mol. The number of halogens is 2. The molecule has 1 heterocycles. The van der Waals surface area contributed by atoms with Crippen molar-refractivity contribution in [2.75, 3.05) is 0 Å². The van der Waals surface area contributed by atoms with Gasteiger partial charge in [-0.05, 0) is 48.9 Å². The highest BCUT2D eigenvalue weighted by atomic mass is 35.5. The minimum atomic E-state index is -0.324. The van der Waals surface area contributed by atoms with Gasteiger partial charge in [0.25, 0.3) is 0 Å². The molecule has 0 spiro atoms. The van der Waals surface area contributed by atoms with Crippen molar-refractivity contribution in [3.63, 3.8) is 0 Å². The van der Waals surface area contributed by atoms with E-state index in [0.29, 0.717) is 28.8 Å². The van der Waals surface area contributed by atoms with Crippen molar-refractivity contribution in [2.24, 2.45) is 12.2 Å². The van der Waals surface area contributed by atoms with Crippen LogP contribution in [0.25, 0.3) is 0 Å². The van der Waals surface area contributed by atoms with E-state index >= 15 is 0 Å². The number of aromatic nitrogens is 2. The summed E-state index contributed by atoms with van der Waals surface area (Å²) in [5.74, 6) is 0.669. The van der Waals surface area contributed by atoms with Crippen LogP contribution in [0.15, 0.2) is 53.7 Å². The summed E-state index contributed by atoms with van der Waals surface area (Å²) in [4.78, 5) is 5.33. The fraction of sp³-hybridized carbons (Fsp3) is 0.158. The predicted octanol–water partition coefficient (Wildman–Crippen LogP) is 4.86. The molecule has 0 aliphatic carbocycles. The maximum atomic E-state index is 13.0. The van der Waals surface area contributed by atoms with Gasteiger partial charge in [0.2, 0.25) is 5.88 Å². The van der Waals surface area contributed by atoms with Gasteiger partial charge in [0, 0.05) is 12.1 Å². The van der Waals surface area contributed by atoms with Crippen LogP contribution in [0.5, 0.6) is 11.6 Å². The van der Waals surface area contributed by atoms with Crippen LogP contribution < -0.4 is 4.74 Å². The van der Waals surface area contributed by atoms with Gasteiger partial charge < -0.3 is 9.57 Å². The molecule has 3 rings (SSSR count). The summed E-state index contributed by atoms with van der Waals surface area (Å²) in [6.07, 6.45) is 1.55. The molecule has 0 aliphatic rings. The van der Waals surface area contributed by atoms with Gasteiger partial charge in [-0.25, -0.2) is 9.07 Å². The van der Waals surface area contributed by atoms with Crippen molar-refractivity contribution in [3.8, 4) is 11.6 Å². The molecule has 7 heteroatoms. The highest BCUT2D eigenvalue weighted by molar-refractivity contribution is 6.30. The molecule has 2 aromatic carbocycles. The first-order valence-electron chi connectivity index (χ1n) is 7.90. The van der Waals surface area contributed by atoms with Crippen LogP contribution in [-0.2, 0) is 18.5 Å². The van der Waals surface area contributed by atoms with Gasteiger partial charge in [0.1, 0.15) is 18.2 Å². The Kier molecular flexibility index (Phi) is 5.53. The quantitative estimate of drug-likeness (QED) is 0.457. The summed E-state index contributed by atoms with van der Waals surface area (Å²) in [5, 5.41) is 8.97. The van der Waals surface area contributed by atoms with Crippen molar-refractivity contribution in [3.05, 3.63) is 76.2 Å². The second kappa shape index (κ2) is 8.01. The zero-order valence-corrected chi connectivity index (χ0v) is 15.1. The molecule has 134 valence electrons. The molecule has 0 aliphatic heterocycles. The fourth-order valence-electron chi connectivity index (χ4n) is 2.37. The Bertz CT molecular complexity index is 923. The number of hydrogen-bond donors (Lipinski definition) is 0. The third-order valence-corrected chi connectivity index (χ3v) is 3.85. The van der Waals surface area contributed by atoms with E-state index < -0.39 is 0 Å². The Labute approximate surface area is 155 Å². The number of benzene rings is 2. The Balaban J connectivity index is 1.71. The van der Waals surface area contributed by atoms with E-state index in [1.54, 1.807) is 36.1 Å². The summed E-state index contributed by atoms with van der Waals surface area (Å²) < 4.78 is 20.5. The fourth-order valence-corrected chi connectivity index (χ4v) is 2.58. The van der Waals surface area contributed by atoms with Crippen LogP contribution in [0.4, 0.5) is 4.39 Å². The number of ether oxygens (including phenoxy) is 1. The first-order chi connectivity index (χ1) is 12.5. The normalized spacial score (nSPS) is 11.1. The smallest absolute Gasteiger partial charge is 0.226 e. The first kappa shape index (κ1) is 17.9. The van der Waals surface area contributed by atoms with Crippen molar-refractivity contribution >= 4 is 17.8 Å². The summed E-state index contributed by atoms with van der Waals surface area (Å²) in [6, 6.07) is 13.1. The molecule has 0 atom stereocenters. The van der Waals surface area contributed by atoms with Crippen LogP contribution in [0.1, 0.15) is 16.8 Å². The molecule has 0 unspecified atom stereocenters. The highest BCUT2D eigenvalue weighted by Crippen LogP contribution is 2.26. The van der Waals surface area contributed by atoms with Gasteiger partial charge in [-0.3, -0.25) is 0 Å². The second-order valence-electron chi connectivity index (χ2n) is 5.62. The number of rotatable bonds is 6. The van der Waals surface area contributed by atoms with E-state index in [2.05, 4.69) is 10.3 Å². The number of oxime groups is 1. The number of nitrogens with zero attached hydrogens (tertiary/aromatic N) is 3. The Morgan fingerprint density at radius 3 is 2.73 bits per heavy atom. The lowest BCUT2D eigenvalue weighted by atomic mass is 10.2. The molecule has 0 saturated carbocycles. The van der Waals surface area contributed by atoms with Gasteiger partial charge in [-0.15, -0.1) is 0 Å². The molecular formula is C19H17ClFN3O2. The van der Waals surface area contributed by atoms with E-state index in [4.69, 9.17) is 21.2 Å². The van der Waals surface area contributed by atoms with Crippen LogP contribution in [0.2, 0.25) is 5.02 Å². The van der Waals surface area contributed by atoms with E-state index in [1.165, 1.54) is 12.1 Å². The third-order valence-electron chi connectivity index (χ3n) is 3.62. The van der Waals surface area contributed by atoms with Gasteiger partial charge in [-0.2, -0.15) is 5.10 Å². The Hall–Kier alpha value is -2.86. The third kappa shape index (κ3) is 4.40. The van der Waals surface area contributed by atoms with Gasteiger partial charge in [0.05, 0.1) is 17.5 Å². The Morgan fingerprint density at radius 2 is 2.00 bits per heavy atom. The van der Waals surface area contributed by atoms with Crippen molar-refractivity contribution in [1.82, 2.24) is 9.78 Å². The minimum absolute atomic E-state index is 0.296. The van der Waals surface area contributed by atoms with Crippen LogP contribution in [0, 0.1) is 12.7 Å². The van der Waals surface area contributed by atoms with E-state index in [-0.39, 0.29) is 5.82 Å². The monoisotopic (exact) mass is 373 g/mol. The van der Waals surface area contributed by atoms with E-state index in [1.807, 2.05) is 25.1 Å². The predicted molar refractivity (Wildman–Crippen MR) is 98.3 cm³/mol. The topological polar surface area (TPSA) is 48.6 Å². The molecule has 0 bridgehead atoms. The molecule has 0 saturated heterocycles. The lowest BCUT2D eigenvalue weighted by Crippen LogP contribution is -1.97. The second-order valence-corrected chi connectivity index (χ2v) is 6.06. The molecule has 5 nitrogen and oxygen atoms in total. The lowest BCUT2D eigenvalue weighted by molar-refractivity contribution is 0.132. The number of hydrogen-bond acceptors (Lipinski definition) is 4. The molecule has 1 aromatic heterocycles. The minimum Gasteiger partial charge on any atom is -0.439 e. The van der Waals surface area contributed by atoms with Gasteiger partial charge >= 0.3 is 0 Å². The van der Waals surface area contributed by atoms with E-state index in [0.717, 1.165) is 11.3 Å². The average Bonchev–Trinajstić information content (AvgIpc) is 2.87. The molecule has 0 amide bonds. The zero-order valence-electron chi connectivity index (χ0n) is 14.3. The lowest BCUT2D eigenvalue weighted by Gasteiger charge is -2.06. The Morgan fingerprint density at radius 1 is 1.23 bits per heavy atom. The first-order valence-corrected chi connectivity index (χ1v) is 8.27. The average molecular weight is 374 g/mol. The summed E-state index contributed by atoms with van der Waals surface area (Å²) in [5.41, 5.74) is 2.34. The standard InChI is InChI=1S/C19H17ClFN3O2/c1-13-18(11-22-25-12-14-4-3-5-15(20)10-14)19(24(2)23-13)26-17-8-6-16(21)7-9-17/h3-11H,12H2,1-2H3/b22-11+. The van der Waals surface area contributed by atoms with Crippen LogP contribution in [-0.4, -0.2) is 16.0 Å². The maximum Gasteiger partial charge on any atom is 0.226 e. The van der Waals surface area contributed by atoms with Crippen molar-refractivity contribution < 1.29 is 14.0 Å². The van der Waals surface area contributed by atoms with Gasteiger partial charge in [0.15, 0.2) is 0 Å². The van der Waals surface area contributed by atoms with Crippen LogP contribution in [0.3, 0.4) is 0 Å². The van der Waals surface area contributed by atoms with E-state index in [9.17, 15) is 4.39 Å². The molecule has 0 radical (unpaired) electrons. The maximum absolute atomic E-state index is 13.0. The summed E-state index contributed by atoms with van der Waals surface area (Å²) in [7, 11) is 1.76.